The van der Waals surface area contributed by atoms with Crippen LogP contribution in [0.4, 0.5) is 5.00 Å². The Labute approximate surface area is 186 Å². The van der Waals surface area contributed by atoms with Crippen molar-refractivity contribution in [3.8, 4) is 5.75 Å². The summed E-state index contributed by atoms with van der Waals surface area (Å²) in [6, 6.07) is 3.90. The number of rotatable bonds is 7. The van der Waals surface area contributed by atoms with Crippen LogP contribution < -0.4 is 10.1 Å². The molecule has 0 bridgehead atoms. The van der Waals surface area contributed by atoms with E-state index in [4.69, 9.17) is 9.47 Å². The molecule has 2 heterocycles. The Balaban J connectivity index is 1.94. The summed E-state index contributed by atoms with van der Waals surface area (Å²) in [7, 11) is 0. The van der Waals surface area contributed by atoms with Crippen LogP contribution in [0.2, 0.25) is 0 Å². The predicted octanol–water partition coefficient (Wildman–Crippen LogP) is 4.51. The second-order valence-corrected chi connectivity index (χ2v) is 8.76. The Bertz CT molecular complexity index is 984. The molecule has 168 valence electrons. The van der Waals surface area contributed by atoms with Crippen molar-refractivity contribution in [2.75, 3.05) is 25.1 Å². The molecule has 1 aliphatic rings. The van der Waals surface area contributed by atoms with E-state index in [2.05, 4.69) is 12.2 Å². The number of fused-ring (bicyclic) bond motifs is 1. The van der Waals surface area contributed by atoms with Crippen LogP contribution in [0.5, 0.6) is 5.75 Å². The summed E-state index contributed by atoms with van der Waals surface area (Å²) in [6.45, 7) is 8.38. The van der Waals surface area contributed by atoms with Gasteiger partial charge >= 0.3 is 5.97 Å². The number of likely N-dealkylation sites (tertiary alicyclic amines) is 1. The number of carbonyl (C=O) groups excluding carboxylic acids is 3. The fraction of sp³-hybridized carbons (Fsp3) is 0.522. The maximum atomic E-state index is 12.8. The van der Waals surface area contributed by atoms with Crippen LogP contribution in [0.25, 0.3) is 10.1 Å². The van der Waals surface area contributed by atoms with E-state index in [-0.39, 0.29) is 31.1 Å². The summed E-state index contributed by atoms with van der Waals surface area (Å²) in [5.41, 5.74) is 1.18. The predicted molar refractivity (Wildman–Crippen MR) is 122 cm³/mol. The van der Waals surface area contributed by atoms with Crippen molar-refractivity contribution in [1.29, 1.82) is 0 Å². The molecule has 0 unspecified atom stereocenters. The molecule has 1 fully saturated rings. The first-order chi connectivity index (χ1) is 14.9. The van der Waals surface area contributed by atoms with Gasteiger partial charge in [-0.2, -0.15) is 0 Å². The van der Waals surface area contributed by atoms with Crippen molar-refractivity contribution in [2.24, 2.45) is 0 Å². The van der Waals surface area contributed by atoms with E-state index in [1.54, 1.807) is 13.8 Å². The number of thiophene rings is 1. The lowest BCUT2D eigenvalue weighted by atomic mass is 10.0. The van der Waals surface area contributed by atoms with Gasteiger partial charge in [-0.15, -0.1) is 11.3 Å². The normalized spacial score (nSPS) is 16.3. The molecule has 1 N–H and O–H groups in total. The monoisotopic (exact) mass is 446 g/mol. The second kappa shape index (κ2) is 10.1. The van der Waals surface area contributed by atoms with E-state index in [9.17, 15) is 14.4 Å². The molecule has 7 nitrogen and oxygen atoms in total. The molecule has 1 aliphatic heterocycles. The average Bonchev–Trinajstić information content (AvgIpc) is 3.11. The maximum absolute atomic E-state index is 12.8. The zero-order chi connectivity index (χ0) is 22.5. The first-order valence-electron chi connectivity index (χ1n) is 10.8. The number of esters is 1. The van der Waals surface area contributed by atoms with Crippen LogP contribution in [-0.2, 0) is 14.3 Å². The molecule has 31 heavy (non-hydrogen) atoms. The van der Waals surface area contributed by atoms with E-state index in [0.717, 1.165) is 31.4 Å². The highest BCUT2D eigenvalue weighted by molar-refractivity contribution is 7.24. The molecule has 0 spiro atoms. The average molecular weight is 447 g/mol. The smallest absolute Gasteiger partial charge is 0.341 e. The van der Waals surface area contributed by atoms with E-state index in [0.29, 0.717) is 32.8 Å². The van der Waals surface area contributed by atoms with Gasteiger partial charge in [0.05, 0.1) is 11.3 Å². The number of ether oxygens (including phenoxy) is 2. The van der Waals surface area contributed by atoms with Crippen LogP contribution in [0, 0.1) is 6.92 Å². The highest BCUT2D eigenvalue weighted by Crippen LogP contribution is 2.43. The molecule has 1 aromatic heterocycles. The molecular formula is C23H30N2O5S. The van der Waals surface area contributed by atoms with E-state index >= 15 is 0 Å². The molecular weight excluding hydrogens is 416 g/mol. The summed E-state index contributed by atoms with van der Waals surface area (Å²) >= 11 is 1.27. The Morgan fingerprint density at radius 1 is 1.23 bits per heavy atom. The van der Waals surface area contributed by atoms with Gasteiger partial charge < -0.3 is 19.7 Å². The van der Waals surface area contributed by atoms with Crippen LogP contribution in [0.3, 0.4) is 0 Å². The largest absolute Gasteiger partial charge is 0.482 e. The number of benzene rings is 1. The lowest BCUT2D eigenvalue weighted by Crippen LogP contribution is -2.44. The van der Waals surface area contributed by atoms with E-state index in [1.807, 2.05) is 24.0 Å². The molecule has 1 aromatic carbocycles. The van der Waals surface area contributed by atoms with Gasteiger partial charge in [-0.1, -0.05) is 19.1 Å². The third-order valence-corrected chi connectivity index (χ3v) is 6.65. The Kier molecular flexibility index (Phi) is 7.54. The third-order valence-electron chi connectivity index (χ3n) is 5.53. The second-order valence-electron chi connectivity index (χ2n) is 7.74. The van der Waals surface area contributed by atoms with Crippen molar-refractivity contribution in [3.63, 3.8) is 0 Å². The third kappa shape index (κ3) is 5.01. The van der Waals surface area contributed by atoms with Gasteiger partial charge in [0.25, 0.3) is 5.91 Å². The van der Waals surface area contributed by atoms with Crippen LogP contribution >= 0.6 is 11.3 Å². The highest BCUT2D eigenvalue weighted by atomic mass is 32.1. The number of amides is 2. The standard InChI is InChI=1S/C23H30N2O5S/c1-5-17(26)24-22-19(23(28)29-6-2)16-11-10-14(3)20(21(16)31-22)30-13-18(27)25-12-8-7-9-15(25)4/h10-11,15H,5-9,12-13H2,1-4H3,(H,24,26)/t15-/m0/s1. The van der Waals surface area contributed by atoms with Gasteiger partial charge in [-0.05, 0) is 45.6 Å². The number of hydrogen-bond donors (Lipinski definition) is 1. The number of aryl methyl sites for hydroxylation is 1. The van der Waals surface area contributed by atoms with E-state index in [1.165, 1.54) is 11.3 Å². The number of nitrogens with one attached hydrogen (secondary N) is 1. The topological polar surface area (TPSA) is 84.9 Å². The van der Waals surface area contributed by atoms with Gasteiger partial charge in [-0.25, -0.2) is 4.79 Å². The zero-order valence-corrected chi connectivity index (χ0v) is 19.4. The van der Waals surface area contributed by atoms with Crippen molar-refractivity contribution in [2.45, 2.75) is 59.4 Å². The fourth-order valence-electron chi connectivity index (χ4n) is 3.81. The minimum absolute atomic E-state index is 0.0368. The van der Waals surface area contributed by atoms with E-state index < -0.39 is 5.97 Å². The van der Waals surface area contributed by atoms with Gasteiger partial charge in [-0.3, -0.25) is 9.59 Å². The Morgan fingerprint density at radius 2 is 2.00 bits per heavy atom. The minimum atomic E-state index is -0.492. The number of piperidine rings is 1. The van der Waals surface area contributed by atoms with Crippen molar-refractivity contribution < 1.29 is 23.9 Å². The van der Waals surface area contributed by atoms with Gasteiger partial charge in [0.2, 0.25) is 5.91 Å². The zero-order valence-electron chi connectivity index (χ0n) is 18.6. The summed E-state index contributed by atoms with van der Waals surface area (Å²) < 4.78 is 11.9. The number of nitrogens with zero attached hydrogens (tertiary/aromatic N) is 1. The molecule has 0 radical (unpaired) electrons. The fourth-order valence-corrected chi connectivity index (χ4v) is 5.07. The quantitative estimate of drug-likeness (QED) is 0.633. The molecule has 2 aromatic rings. The molecule has 0 saturated carbocycles. The molecule has 1 saturated heterocycles. The maximum Gasteiger partial charge on any atom is 0.341 e. The summed E-state index contributed by atoms with van der Waals surface area (Å²) in [5, 5.41) is 3.89. The SMILES string of the molecule is CCOC(=O)c1c(NC(=O)CC)sc2c(OCC(=O)N3CCCC[C@@H]3C)c(C)ccc12. The minimum Gasteiger partial charge on any atom is -0.482 e. The van der Waals surface area contributed by atoms with Crippen molar-refractivity contribution in [3.05, 3.63) is 23.3 Å². The number of anilines is 1. The van der Waals surface area contributed by atoms with Gasteiger partial charge in [0, 0.05) is 24.4 Å². The molecule has 1 atom stereocenters. The first-order valence-corrected chi connectivity index (χ1v) is 11.6. The number of carbonyl (C=O) groups is 3. The number of hydrogen-bond acceptors (Lipinski definition) is 6. The van der Waals surface area contributed by atoms with Crippen molar-refractivity contribution >= 4 is 44.2 Å². The van der Waals surface area contributed by atoms with Crippen LogP contribution in [0.1, 0.15) is 62.4 Å². The van der Waals surface area contributed by atoms with Crippen LogP contribution in [-0.4, -0.2) is 48.5 Å². The lowest BCUT2D eigenvalue weighted by Gasteiger charge is -2.33. The molecule has 2 amide bonds. The molecule has 3 rings (SSSR count). The lowest BCUT2D eigenvalue weighted by molar-refractivity contribution is -0.136. The summed E-state index contributed by atoms with van der Waals surface area (Å²) in [6.07, 6.45) is 3.46. The Morgan fingerprint density at radius 3 is 2.68 bits per heavy atom. The van der Waals surface area contributed by atoms with Gasteiger partial charge in [0.1, 0.15) is 16.3 Å². The molecule has 8 heteroatoms. The Hall–Kier alpha value is -2.61. The highest BCUT2D eigenvalue weighted by Gasteiger charge is 2.26. The molecule has 0 aliphatic carbocycles. The van der Waals surface area contributed by atoms with Crippen molar-refractivity contribution in [1.82, 2.24) is 4.90 Å². The van der Waals surface area contributed by atoms with Crippen LogP contribution in [0.15, 0.2) is 12.1 Å². The first kappa shape index (κ1) is 23.1. The summed E-state index contributed by atoms with van der Waals surface area (Å²) in [4.78, 5) is 39.3. The summed E-state index contributed by atoms with van der Waals surface area (Å²) in [5.74, 6) is -0.160. The van der Waals surface area contributed by atoms with Gasteiger partial charge in [0.15, 0.2) is 6.61 Å².